The molecule has 0 aliphatic heterocycles. The molecule has 0 aliphatic rings. The molecule has 0 bridgehead atoms. The van der Waals surface area contributed by atoms with E-state index in [1.165, 1.54) is 31.5 Å². The molecule has 0 spiro atoms. The normalized spacial score (nSPS) is 13.4. The number of nitrogens with one attached hydrogen (secondary N) is 4. The lowest BCUT2D eigenvalue weighted by Crippen LogP contribution is -2.59. The average Bonchev–Trinajstić information content (AvgIpc) is 3.89. The van der Waals surface area contributed by atoms with Gasteiger partial charge in [0, 0.05) is 61.5 Å². The van der Waals surface area contributed by atoms with Gasteiger partial charge in [-0.05, 0) is 74.7 Å². The van der Waals surface area contributed by atoms with Gasteiger partial charge in [-0.1, -0.05) is 54.6 Å². The first kappa shape index (κ1) is 47.2. The second kappa shape index (κ2) is 22.2. The molecule has 326 valence electrons. The quantitative estimate of drug-likeness (QED) is 0.0524. The number of likely N-dealkylation sites (N-methyl/N-ethyl adjacent to an activating group) is 2. The van der Waals surface area contributed by atoms with E-state index in [1.807, 2.05) is 41.8 Å². The smallest absolute Gasteiger partial charge is 0.408 e. The topological polar surface area (TPSA) is 233 Å². The van der Waals surface area contributed by atoms with Crippen LogP contribution >= 0.6 is 11.3 Å². The SMILES string of the molecule is CN(C(=O)[C@H](CCCCNC(=O)/C=C/c1cccs1)NC(=O)C(Cc1c[nH]c2ccccc12)NC(=O)OC(C)(C)C)[C@@H](CC(=O)O)C(=O)N(C)[C@@H](Cc1ccccc1)C(N)=O. The van der Waals surface area contributed by atoms with Crippen LogP contribution in [0.1, 0.15) is 62.5 Å². The van der Waals surface area contributed by atoms with Crippen molar-refractivity contribution in [3.8, 4) is 0 Å². The molecule has 4 atom stereocenters. The van der Waals surface area contributed by atoms with Crippen LogP contribution in [0.2, 0.25) is 0 Å². The zero-order valence-electron chi connectivity index (χ0n) is 35.0. The van der Waals surface area contributed by atoms with Crippen molar-refractivity contribution in [2.45, 2.75) is 89.1 Å². The van der Waals surface area contributed by atoms with Gasteiger partial charge in [0.05, 0.1) is 6.42 Å². The van der Waals surface area contributed by atoms with Crippen molar-refractivity contribution in [2.75, 3.05) is 20.6 Å². The van der Waals surface area contributed by atoms with Gasteiger partial charge in [0.2, 0.25) is 29.5 Å². The summed E-state index contributed by atoms with van der Waals surface area (Å²) < 4.78 is 5.47. The van der Waals surface area contributed by atoms with Crippen LogP contribution in [0.25, 0.3) is 17.0 Å². The first-order valence-corrected chi connectivity index (χ1v) is 20.7. The van der Waals surface area contributed by atoms with Crippen molar-refractivity contribution in [2.24, 2.45) is 5.73 Å². The third-order valence-corrected chi connectivity index (χ3v) is 10.6. The van der Waals surface area contributed by atoms with Crippen LogP contribution in [0.5, 0.6) is 0 Å². The summed E-state index contributed by atoms with van der Waals surface area (Å²) in [5, 5.41) is 20.8. The number of aromatic amines is 1. The number of carbonyl (C=O) groups excluding carboxylic acids is 6. The lowest BCUT2D eigenvalue weighted by molar-refractivity contribution is -0.152. The third-order valence-electron chi connectivity index (χ3n) is 9.77. The Hall–Kier alpha value is -6.49. The van der Waals surface area contributed by atoms with Gasteiger partial charge in [-0.2, -0.15) is 0 Å². The molecule has 61 heavy (non-hydrogen) atoms. The number of H-pyrrole nitrogens is 1. The number of nitrogens with zero attached hydrogens (tertiary/aromatic N) is 2. The van der Waals surface area contributed by atoms with Gasteiger partial charge in [0.15, 0.2) is 0 Å². The van der Waals surface area contributed by atoms with Crippen LogP contribution < -0.4 is 21.7 Å². The van der Waals surface area contributed by atoms with Crippen molar-refractivity contribution in [3.05, 3.63) is 100 Å². The average molecular weight is 858 g/mol. The summed E-state index contributed by atoms with van der Waals surface area (Å²) in [5.74, 6) is -4.94. The van der Waals surface area contributed by atoms with Crippen molar-refractivity contribution in [1.29, 1.82) is 0 Å². The summed E-state index contributed by atoms with van der Waals surface area (Å²) in [6.45, 7) is 5.26. The van der Waals surface area contributed by atoms with Gasteiger partial charge < -0.3 is 46.3 Å². The first-order valence-electron chi connectivity index (χ1n) is 19.9. The van der Waals surface area contributed by atoms with E-state index < -0.39 is 71.9 Å². The minimum Gasteiger partial charge on any atom is -0.481 e. The van der Waals surface area contributed by atoms with Crippen molar-refractivity contribution < 1.29 is 43.4 Å². The lowest BCUT2D eigenvalue weighted by Gasteiger charge is -2.35. The predicted molar refractivity (Wildman–Crippen MR) is 232 cm³/mol. The molecule has 7 N–H and O–H groups in total. The maximum absolute atomic E-state index is 14.5. The van der Waals surface area contributed by atoms with Crippen LogP contribution in [0.15, 0.2) is 84.4 Å². The first-order chi connectivity index (χ1) is 28.9. The van der Waals surface area contributed by atoms with Crippen LogP contribution in [-0.2, 0) is 46.3 Å². The number of unbranched alkanes of at least 4 members (excludes halogenated alkanes) is 1. The minimum atomic E-state index is -1.61. The highest BCUT2D eigenvalue weighted by Crippen LogP contribution is 2.21. The monoisotopic (exact) mass is 857 g/mol. The molecule has 4 rings (SSSR count). The summed E-state index contributed by atoms with van der Waals surface area (Å²) in [5.41, 5.74) is 7.04. The highest BCUT2D eigenvalue weighted by molar-refractivity contribution is 7.10. The van der Waals surface area contributed by atoms with Crippen molar-refractivity contribution in [3.63, 3.8) is 0 Å². The maximum Gasteiger partial charge on any atom is 0.408 e. The maximum atomic E-state index is 14.5. The number of carboxylic acids is 1. The Bertz CT molecular complexity index is 2170. The number of primary amides is 1. The van der Waals surface area contributed by atoms with Gasteiger partial charge >= 0.3 is 12.1 Å². The summed E-state index contributed by atoms with van der Waals surface area (Å²) in [7, 11) is 2.56. The summed E-state index contributed by atoms with van der Waals surface area (Å²) in [6, 6.07) is 14.6. The van der Waals surface area contributed by atoms with E-state index in [4.69, 9.17) is 10.5 Å². The number of hydrogen-bond donors (Lipinski definition) is 6. The molecule has 1 unspecified atom stereocenters. The number of thiophene rings is 1. The number of nitrogens with two attached hydrogens (primary N) is 1. The Morgan fingerprint density at radius 3 is 2.20 bits per heavy atom. The highest BCUT2D eigenvalue weighted by Gasteiger charge is 2.38. The number of carboxylic acid groups (broad SMARTS) is 1. The van der Waals surface area contributed by atoms with E-state index in [2.05, 4.69) is 20.9 Å². The Labute approximate surface area is 358 Å². The minimum absolute atomic E-state index is 0.00228. The molecule has 17 heteroatoms. The number of fused-ring (bicyclic) bond motifs is 1. The predicted octanol–water partition coefficient (Wildman–Crippen LogP) is 4.01. The molecule has 2 aromatic carbocycles. The molecule has 0 aliphatic carbocycles. The van der Waals surface area contributed by atoms with Gasteiger partial charge in [0.1, 0.15) is 29.8 Å². The molecule has 0 fully saturated rings. The molecule has 2 aromatic heterocycles. The van der Waals surface area contributed by atoms with Gasteiger partial charge in [-0.15, -0.1) is 11.3 Å². The molecule has 16 nitrogen and oxygen atoms in total. The molecule has 0 radical (unpaired) electrons. The number of aliphatic carboxylic acids is 1. The fraction of sp³-hybridized carbons (Fsp3) is 0.386. The molecule has 0 saturated heterocycles. The molecule has 4 aromatic rings. The zero-order valence-corrected chi connectivity index (χ0v) is 35.8. The summed E-state index contributed by atoms with van der Waals surface area (Å²) >= 11 is 1.48. The fourth-order valence-corrected chi connectivity index (χ4v) is 7.22. The number of carbonyl (C=O) groups is 7. The van der Waals surface area contributed by atoms with E-state index in [9.17, 15) is 38.7 Å². The Morgan fingerprint density at radius 1 is 0.852 bits per heavy atom. The van der Waals surface area contributed by atoms with Crippen LogP contribution in [0.4, 0.5) is 4.79 Å². The Kier molecular flexibility index (Phi) is 17.2. The number of amides is 6. The van der Waals surface area contributed by atoms with E-state index in [1.54, 1.807) is 63.4 Å². The molecule has 2 heterocycles. The number of aromatic nitrogens is 1. The van der Waals surface area contributed by atoms with Crippen molar-refractivity contribution >= 4 is 69.9 Å². The number of ether oxygens (including phenoxy) is 1. The largest absolute Gasteiger partial charge is 0.481 e. The van der Waals surface area contributed by atoms with Gasteiger partial charge in [-0.3, -0.25) is 28.8 Å². The molecule has 0 saturated carbocycles. The second-order valence-electron chi connectivity index (χ2n) is 15.6. The highest BCUT2D eigenvalue weighted by atomic mass is 32.1. The number of benzene rings is 2. The second-order valence-corrected chi connectivity index (χ2v) is 16.6. The Balaban J connectivity index is 1.59. The van der Waals surface area contributed by atoms with Crippen molar-refractivity contribution in [1.82, 2.24) is 30.7 Å². The van der Waals surface area contributed by atoms with E-state index in [0.717, 1.165) is 25.6 Å². The van der Waals surface area contributed by atoms with Crippen LogP contribution in [0.3, 0.4) is 0 Å². The fourth-order valence-electron chi connectivity index (χ4n) is 6.61. The van der Waals surface area contributed by atoms with Gasteiger partial charge in [0.25, 0.3) is 0 Å². The third kappa shape index (κ3) is 14.6. The summed E-state index contributed by atoms with van der Waals surface area (Å²) in [4.78, 5) is 99.3. The molecular formula is C44H55N7O9S. The summed E-state index contributed by atoms with van der Waals surface area (Å²) in [6.07, 6.45) is 3.86. The lowest BCUT2D eigenvalue weighted by atomic mass is 10.0. The molecular weight excluding hydrogens is 803 g/mol. The van der Waals surface area contributed by atoms with Crippen LogP contribution in [0, 0.1) is 0 Å². The van der Waals surface area contributed by atoms with E-state index >= 15 is 0 Å². The molecule has 6 amide bonds. The Morgan fingerprint density at radius 2 is 1.54 bits per heavy atom. The van der Waals surface area contributed by atoms with Crippen LogP contribution in [-0.4, -0.2) is 112 Å². The van der Waals surface area contributed by atoms with Gasteiger partial charge in [-0.25, -0.2) is 4.79 Å². The number of para-hydroxylation sites is 1. The zero-order chi connectivity index (χ0) is 44.7. The number of hydrogen-bond acceptors (Lipinski definition) is 9. The standard InChI is InChI=1S/C44H55N7O9S/c1-44(2,3)60-43(59)49-34(25-29-27-47-32-18-10-9-17-31(29)32)40(56)48-33(19-11-12-22-46-37(52)21-20-30-16-13-23-61-30)41(57)51(5)36(26-38(53)54)42(58)50(4)35(39(45)55)24-28-14-7-6-8-15-28/h6-10,13-18,20-21,23,27,33-36,47H,11-12,19,22,24-26H2,1-5H3,(H2,45,55)(H,46,52)(H,48,56)(H,49,59)(H,53,54)/b21-20+/t33-,34?,35-,36-/m0/s1. The number of rotatable bonds is 21. The van der Waals surface area contributed by atoms with E-state index in [0.29, 0.717) is 24.0 Å². The van der Waals surface area contributed by atoms with E-state index in [-0.39, 0.29) is 31.7 Å². The number of alkyl carbamates (subject to hydrolysis) is 1.